The molecule has 0 fully saturated rings. The predicted octanol–water partition coefficient (Wildman–Crippen LogP) is 5.56. The van der Waals surface area contributed by atoms with E-state index in [2.05, 4.69) is 10.2 Å². The minimum Gasteiger partial charge on any atom is -0.508 e. The van der Waals surface area contributed by atoms with E-state index in [1.54, 1.807) is 18.2 Å². The first-order valence-corrected chi connectivity index (χ1v) is 7.35. The van der Waals surface area contributed by atoms with Crippen molar-refractivity contribution in [2.45, 2.75) is 40.5 Å². The molecule has 22 heavy (non-hydrogen) atoms. The van der Waals surface area contributed by atoms with Gasteiger partial charge in [0.25, 0.3) is 0 Å². The molecule has 0 aromatic heterocycles. The average molecular weight is 298 g/mol. The number of hydrogen-bond donors (Lipinski definition) is 2. The molecule has 0 radical (unpaired) electrons. The summed E-state index contributed by atoms with van der Waals surface area (Å²) in [6, 6.07) is 7.19. The Morgan fingerprint density at radius 2 is 1.41 bits per heavy atom. The zero-order valence-corrected chi connectivity index (χ0v) is 13.7. The third-order valence-corrected chi connectivity index (χ3v) is 3.72. The smallest absolute Gasteiger partial charge is 0.121 e. The maximum absolute atomic E-state index is 9.97. The summed E-state index contributed by atoms with van der Waals surface area (Å²) in [5.74, 6) is 0.803. The van der Waals surface area contributed by atoms with E-state index >= 15 is 0 Å². The quantitative estimate of drug-likeness (QED) is 0.728. The number of benzene rings is 2. The zero-order valence-electron chi connectivity index (χ0n) is 13.7. The first-order valence-electron chi connectivity index (χ1n) is 7.35. The summed E-state index contributed by atoms with van der Waals surface area (Å²) in [6.07, 6.45) is 0. The second-order valence-electron chi connectivity index (χ2n) is 5.98. The minimum absolute atomic E-state index is 0.215. The molecule has 2 rings (SSSR count). The molecule has 4 heteroatoms. The van der Waals surface area contributed by atoms with Crippen molar-refractivity contribution in [3.63, 3.8) is 0 Å². The zero-order chi connectivity index (χ0) is 16.4. The van der Waals surface area contributed by atoms with Gasteiger partial charge >= 0.3 is 0 Å². The molecule has 0 unspecified atom stereocenters. The summed E-state index contributed by atoms with van der Waals surface area (Å²) >= 11 is 0. The van der Waals surface area contributed by atoms with Gasteiger partial charge in [-0.3, -0.25) is 0 Å². The topological polar surface area (TPSA) is 65.2 Å². The number of phenolic OH excluding ortho intramolecular Hbond substituents is 2. The standard InChI is InChI=1S/C18H22N2O2/c1-10(2)15-9-16(11(3)8-17(15)21)20-19-14-6-12(4)18(22)13(5)7-14/h6-10,21-22H,1-5H3. The maximum atomic E-state index is 9.97. The molecule has 0 bridgehead atoms. The van der Waals surface area contributed by atoms with Crippen molar-refractivity contribution < 1.29 is 10.2 Å². The van der Waals surface area contributed by atoms with Crippen LogP contribution in [0, 0.1) is 20.8 Å². The number of rotatable bonds is 3. The van der Waals surface area contributed by atoms with E-state index in [4.69, 9.17) is 0 Å². The van der Waals surface area contributed by atoms with E-state index in [9.17, 15) is 10.2 Å². The molecular weight excluding hydrogens is 276 g/mol. The second kappa shape index (κ2) is 6.18. The number of nitrogens with zero attached hydrogens (tertiary/aromatic N) is 2. The minimum atomic E-state index is 0.215. The van der Waals surface area contributed by atoms with E-state index in [1.165, 1.54) is 0 Å². The van der Waals surface area contributed by atoms with Gasteiger partial charge in [-0.1, -0.05) is 13.8 Å². The Morgan fingerprint density at radius 3 is 1.95 bits per heavy atom. The van der Waals surface area contributed by atoms with Crippen molar-refractivity contribution in [3.05, 3.63) is 46.5 Å². The highest BCUT2D eigenvalue weighted by Crippen LogP contribution is 2.34. The highest BCUT2D eigenvalue weighted by Gasteiger charge is 2.10. The molecule has 0 aliphatic carbocycles. The van der Waals surface area contributed by atoms with Crippen molar-refractivity contribution in [1.82, 2.24) is 0 Å². The normalized spacial score (nSPS) is 11.5. The van der Waals surface area contributed by atoms with Gasteiger partial charge < -0.3 is 10.2 Å². The summed E-state index contributed by atoms with van der Waals surface area (Å²) in [5, 5.41) is 28.3. The van der Waals surface area contributed by atoms with Gasteiger partial charge in [-0.05, 0) is 73.2 Å². The van der Waals surface area contributed by atoms with Crippen LogP contribution >= 0.6 is 0 Å². The third-order valence-electron chi connectivity index (χ3n) is 3.72. The first kappa shape index (κ1) is 16.0. The lowest BCUT2D eigenvalue weighted by Gasteiger charge is -2.10. The first-order chi connectivity index (χ1) is 10.3. The molecule has 0 heterocycles. The molecule has 2 N–H and O–H groups in total. The van der Waals surface area contributed by atoms with Crippen LogP contribution in [0.4, 0.5) is 11.4 Å². The van der Waals surface area contributed by atoms with Crippen LogP contribution in [0.1, 0.15) is 42.0 Å². The Kier molecular flexibility index (Phi) is 4.50. The predicted molar refractivity (Wildman–Crippen MR) is 88.7 cm³/mol. The van der Waals surface area contributed by atoms with Gasteiger partial charge in [0.2, 0.25) is 0 Å². The Labute approximate surface area is 131 Å². The molecule has 2 aromatic carbocycles. The summed E-state index contributed by atoms with van der Waals surface area (Å²) < 4.78 is 0. The Balaban J connectivity index is 2.40. The van der Waals surface area contributed by atoms with Gasteiger partial charge in [0.05, 0.1) is 11.4 Å². The third kappa shape index (κ3) is 3.27. The summed E-state index contributed by atoms with van der Waals surface area (Å²) in [7, 11) is 0. The fourth-order valence-electron chi connectivity index (χ4n) is 2.37. The monoisotopic (exact) mass is 298 g/mol. The fraction of sp³-hybridized carbons (Fsp3) is 0.333. The molecular formula is C18H22N2O2. The average Bonchev–Trinajstić information content (AvgIpc) is 2.43. The molecule has 2 aromatic rings. The summed E-state index contributed by atoms with van der Waals surface area (Å²) in [4.78, 5) is 0. The van der Waals surface area contributed by atoms with Crippen LogP contribution in [0.15, 0.2) is 34.5 Å². The number of aryl methyl sites for hydroxylation is 3. The van der Waals surface area contributed by atoms with E-state index in [1.807, 2.05) is 40.7 Å². The number of aromatic hydroxyl groups is 2. The summed E-state index contributed by atoms with van der Waals surface area (Å²) in [5.41, 5.74) is 4.73. The molecule has 0 atom stereocenters. The fourth-order valence-corrected chi connectivity index (χ4v) is 2.37. The molecule has 4 nitrogen and oxygen atoms in total. The van der Waals surface area contributed by atoms with Crippen molar-refractivity contribution in [2.24, 2.45) is 10.2 Å². The van der Waals surface area contributed by atoms with Crippen LogP contribution < -0.4 is 0 Å². The van der Waals surface area contributed by atoms with Gasteiger partial charge in [-0.2, -0.15) is 10.2 Å². The van der Waals surface area contributed by atoms with Gasteiger partial charge in [0, 0.05) is 0 Å². The Bertz CT molecular complexity index is 711. The lowest BCUT2D eigenvalue weighted by atomic mass is 9.99. The van der Waals surface area contributed by atoms with Gasteiger partial charge in [0.1, 0.15) is 11.5 Å². The number of azo groups is 1. The maximum Gasteiger partial charge on any atom is 0.121 e. The Morgan fingerprint density at radius 1 is 0.818 bits per heavy atom. The SMILES string of the molecule is Cc1cc(O)c(C(C)C)cc1N=Nc1cc(C)c(O)c(C)c1. The lowest BCUT2D eigenvalue weighted by molar-refractivity contribution is 0.464. The van der Waals surface area contributed by atoms with Crippen molar-refractivity contribution >= 4 is 11.4 Å². The number of phenols is 2. The molecule has 0 saturated heterocycles. The largest absolute Gasteiger partial charge is 0.508 e. The molecule has 0 spiro atoms. The van der Waals surface area contributed by atoms with Crippen molar-refractivity contribution in [3.8, 4) is 11.5 Å². The number of hydrogen-bond acceptors (Lipinski definition) is 4. The van der Waals surface area contributed by atoms with E-state index in [0.29, 0.717) is 17.2 Å². The van der Waals surface area contributed by atoms with Crippen LogP contribution in [0.3, 0.4) is 0 Å². The lowest BCUT2D eigenvalue weighted by Crippen LogP contribution is -1.89. The molecule has 0 aliphatic rings. The highest BCUT2D eigenvalue weighted by atomic mass is 16.3. The molecule has 116 valence electrons. The second-order valence-corrected chi connectivity index (χ2v) is 5.98. The van der Waals surface area contributed by atoms with Gasteiger partial charge in [-0.25, -0.2) is 0 Å². The van der Waals surface area contributed by atoms with E-state index < -0.39 is 0 Å². The molecule has 0 amide bonds. The van der Waals surface area contributed by atoms with E-state index in [-0.39, 0.29) is 5.92 Å². The van der Waals surface area contributed by atoms with E-state index in [0.717, 1.165) is 27.9 Å². The van der Waals surface area contributed by atoms with Crippen LogP contribution in [0.5, 0.6) is 11.5 Å². The molecule has 0 aliphatic heterocycles. The molecule has 0 saturated carbocycles. The highest BCUT2D eigenvalue weighted by molar-refractivity contribution is 5.55. The van der Waals surface area contributed by atoms with Crippen LogP contribution in [0.2, 0.25) is 0 Å². The van der Waals surface area contributed by atoms with Gasteiger partial charge in [-0.15, -0.1) is 0 Å². The van der Waals surface area contributed by atoms with Crippen LogP contribution in [-0.2, 0) is 0 Å². The van der Waals surface area contributed by atoms with Crippen LogP contribution in [0.25, 0.3) is 0 Å². The van der Waals surface area contributed by atoms with Gasteiger partial charge in [0.15, 0.2) is 0 Å². The van der Waals surface area contributed by atoms with Crippen molar-refractivity contribution in [2.75, 3.05) is 0 Å². The summed E-state index contributed by atoms with van der Waals surface area (Å²) in [6.45, 7) is 9.62. The van der Waals surface area contributed by atoms with Crippen molar-refractivity contribution in [1.29, 1.82) is 0 Å². The Hall–Kier alpha value is -2.36. The van der Waals surface area contributed by atoms with Crippen LogP contribution in [-0.4, -0.2) is 10.2 Å².